The van der Waals surface area contributed by atoms with Crippen molar-refractivity contribution < 1.29 is 4.79 Å². The number of benzene rings is 1. The maximum atomic E-state index is 12.1. The van der Waals surface area contributed by atoms with Gasteiger partial charge in [-0.15, -0.1) is 0 Å². The molecular formula is C12H13N3O. The van der Waals surface area contributed by atoms with Crippen molar-refractivity contribution in [2.24, 2.45) is 0 Å². The molecule has 1 aromatic heterocycles. The predicted molar refractivity (Wildman–Crippen MR) is 62.4 cm³/mol. The molecule has 0 bridgehead atoms. The molecule has 0 saturated carbocycles. The SMILES string of the molecule is CCN(C(=O)c1ccn[nH]1)c1ccccc1. The Labute approximate surface area is 93.9 Å². The van der Waals surface area contributed by atoms with Crippen LogP contribution in [0.25, 0.3) is 0 Å². The first-order valence-corrected chi connectivity index (χ1v) is 5.19. The molecule has 4 nitrogen and oxygen atoms in total. The largest absolute Gasteiger partial charge is 0.307 e. The summed E-state index contributed by atoms with van der Waals surface area (Å²) in [6, 6.07) is 11.3. The van der Waals surface area contributed by atoms with E-state index in [1.165, 1.54) is 0 Å². The molecule has 4 heteroatoms. The van der Waals surface area contributed by atoms with Crippen LogP contribution in [0.4, 0.5) is 5.69 Å². The van der Waals surface area contributed by atoms with Gasteiger partial charge >= 0.3 is 0 Å². The van der Waals surface area contributed by atoms with Crippen molar-refractivity contribution in [3.63, 3.8) is 0 Å². The van der Waals surface area contributed by atoms with Gasteiger partial charge in [0.15, 0.2) is 0 Å². The first-order valence-electron chi connectivity index (χ1n) is 5.19. The van der Waals surface area contributed by atoms with E-state index in [0.29, 0.717) is 12.2 Å². The molecule has 2 rings (SSSR count). The quantitative estimate of drug-likeness (QED) is 0.852. The number of hydrogen-bond donors (Lipinski definition) is 1. The second-order valence-corrected chi connectivity index (χ2v) is 3.36. The Morgan fingerprint density at radius 1 is 1.31 bits per heavy atom. The number of rotatable bonds is 3. The van der Waals surface area contributed by atoms with E-state index in [2.05, 4.69) is 10.2 Å². The zero-order valence-electron chi connectivity index (χ0n) is 9.05. The van der Waals surface area contributed by atoms with Gasteiger partial charge in [0.2, 0.25) is 0 Å². The number of aromatic nitrogens is 2. The fraction of sp³-hybridized carbons (Fsp3) is 0.167. The first-order chi connectivity index (χ1) is 7.83. The van der Waals surface area contributed by atoms with Crippen molar-refractivity contribution in [3.05, 3.63) is 48.3 Å². The van der Waals surface area contributed by atoms with Gasteiger partial charge in [-0.25, -0.2) is 0 Å². The lowest BCUT2D eigenvalue weighted by Crippen LogP contribution is -2.30. The Morgan fingerprint density at radius 3 is 2.62 bits per heavy atom. The zero-order valence-corrected chi connectivity index (χ0v) is 9.05. The average Bonchev–Trinajstić information content (AvgIpc) is 2.85. The van der Waals surface area contributed by atoms with Crippen LogP contribution in [0.1, 0.15) is 17.4 Å². The monoisotopic (exact) mass is 215 g/mol. The smallest absolute Gasteiger partial charge is 0.276 e. The molecule has 1 aromatic carbocycles. The Kier molecular flexibility index (Phi) is 3.00. The van der Waals surface area contributed by atoms with Gasteiger partial charge in [0.1, 0.15) is 5.69 Å². The van der Waals surface area contributed by atoms with Crippen molar-refractivity contribution in [2.75, 3.05) is 11.4 Å². The standard InChI is InChI=1S/C12H13N3O/c1-2-15(10-6-4-3-5-7-10)12(16)11-8-9-13-14-11/h3-9H,2H2,1H3,(H,13,14). The molecule has 0 aliphatic rings. The summed E-state index contributed by atoms with van der Waals surface area (Å²) in [6.07, 6.45) is 1.58. The molecule has 0 radical (unpaired) electrons. The molecule has 16 heavy (non-hydrogen) atoms. The number of carbonyl (C=O) groups is 1. The molecule has 0 fully saturated rings. The highest BCUT2D eigenvalue weighted by Gasteiger charge is 2.16. The van der Waals surface area contributed by atoms with Gasteiger partial charge in [-0.05, 0) is 25.1 Å². The predicted octanol–water partition coefficient (Wildman–Crippen LogP) is 2.08. The maximum Gasteiger partial charge on any atom is 0.276 e. The number of amides is 1. The Hall–Kier alpha value is -2.10. The normalized spacial score (nSPS) is 10.1. The maximum absolute atomic E-state index is 12.1. The minimum absolute atomic E-state index is 0.0637. The number of para-hydroxylation sites is 1. The van der Waals surface area contributed by atoms with Crippen LogP contribution in [0, 0.1) is 0 Å². The zero-order chi connectivity index (χ0) is 11.4. The van der Waals surface area contributed by atoms with Gasteiger partial charge in [-0.2, -0.15) is 5.10 Å². The number of nitrogens with one attached hydrogen (secondary N) is 1. The molecular weight excluding hydrogens is 202 g/mol. The summed E-state index contributed by atoms with van der Waals surface area (Å²) in [5.41, 5.74) is 1.40. The van der Waals surface area contributed by atoms with Crippen molar-refractivity contribution in [1.82, 2.24) is 10.2 Å². The van der Waals surface area contributed by atoms with Crippen LogP contribution in [-0.2, 0) is 0 Å². The Bertz CT molecular complexity index is 450. The summed E-state index contributed by atoms with van der Waals surface area (Å²) in [7, 11) is 0. The lowest BCUT2D eigenvalue weighted by Gasteiger charge is -2.19. The second-order valence-electron chi connectivity index (χ2n) is 3.36. The summed E-state index contributed by atoms with van der Waals surface area (Å²) in [5, 5.41) is 6.46. The summed E-state index contributed by atoms with van der Waals surface area (Å²) >= 11 is 0. The molecule has 2 aromatic rings. The van der Waals surface area contributed by atoms with E-state index >= 15 is 0 Å². The second kappa shape index (κ2) is 4.61. The fourth-order valence-corrected chi connectivity index (χ4v) is 1.57. The third-order valence-corrected chi connectivity index (χ3v) is 2.36. The van der Waals surface area contributed by atoms with Crippen molar-refractivity contribution in [1.29, 1.82) is 0 Å². The molecule has 0 spiro atoms. The molecule has 1 N–H and O–H groups in total. The number of nitrogens with zero attached hydrogens (tertiary/aromatic N) is 2. The van der Waals surface area contributed by atoms with Crippen LogP contribution >= 0.6 is 0 Å². The van der Waals surface area contributed by atoms with Gasteiger partial charge < -0.3 is 4.90 Å². The van der Waals surface area contributed by atoms with Crippen LogP contribution < -0.4 is 4.90 Å². The van der Waals surface area contributed by atoms with Crippen molar-refractivity contribution in [2.45, 2.75) is 6.92 Å². The summed E-state index contributed by atoms with van der Waals surface area (Å²) in [4.78, 5) is 13.8. The van der Waals surface area contributed by atoms with Crippen molar-refractivity contribution in [3.8, 4) is 0 Å². The highest BCUT2D eigenvalue weighted by Crippen LogP contribution is 2.15. The lowest BCUT2D eigenvalue weighted by molar-refractivity contribution is 0.0983. The molecule has 1 heterocycles. The number of anilines is 1. The van der Waals surface area contributed by atoms with Crippen LogP contribution in [0.3, 0.4) is 0 Å². The van der Waals surface area contributed by atoms with Crippen LogP contribution in [0.5, 0.6) is 0 Å². The molecule has 0 unspecified atom stereocenters. The first kappa shape index (κ1) is 10.4. The van der Waals surface area contributed by atoms with E-state index in [4.69, 9.17) is 0 Å². The third kappa shape index (κ3) is 1.95. The van der Waals surface area contributed by atoms with Gasteiger partial charge in [-0.1, -0.05) is 18.2 Å². The van der Waals surface area contributed by atoms with Crippen LogP contribution in [0.2, 0.25) is 0 Å². The summed E-state index contributed by atoms with van der Waals surface area (Å²) in [5.74, 6) is -0.0637. The highest BCUT2D eigenvalue weighted by molar-refractivity contribution is 6.04. The molecule has 1 amide bonds. The fourth-order valence-electron chi connectivity index (χ4n) is 1.57. The minimum atomic E-state index is -0.0637. The van der Waals surface area contributed by atoms with E-state index in [1.54, 1.807) is 17.2 Å². The third-order valence-electron chi connectivity index (χ3n) is 2.36. The molecule has 0 saturated heterocycles. The average molecular weight is 215 g/mol. The van der Waals surface area contributed by atoms with E-state index in [1.807, 2.05) is 37.3 Å². The van der Waals surface area contributed by atoms with E-state index in [9.17, 15) is 4.79 Å². The Morgan fingerprint density at radius 2 is 2.06 bits per heavy atom. The molecule has 0 atom stereocenters. The summed E-state index contributed by atoms with van der Waals surface area (Å²) < 4.78 is 0. The molecule has 0 aliphatic carbocycles. The topological polar surface area (TPSA) is 49.0 Å². The number of hydrogen-bond acceptors (Lipinski definition) is 2. The highest BCUT2D eigenvalue weighted by atomic mass is 16.2. The van der Waals surface area contributed by atoms with E-state index < -0.39 is 0 Å². The van der Waals surface area contributed by atoms with Gasteiger partial charge in [0.25, 0.3) is 5.91 Å². The van der Waals surface area contributed by atoms with Crippen molar-refractivity contribution >= 4 is 11.6 Å². The van der Waals surface area contributed by atoms with E-state index in [-0.39, 0.29) is 5.91 Å². The van der Waals surface area contributed by atoms with Gasteiger partial charge in [0.05, 0.1) is 0 Å². The molecule has 82 valence electrons. The van der Waals surface area contributed by atoms with Gasteiger partial charge in [0, 0.05) is 18.4 Å². The number of aromatic amines is 1. The van der Waals surface area contributed by atoms with Crippen LogP contribution in [0.15, 0.2) is 42.6 Å². The van der Waals surface area contributed by atoms with Crippen LogP contribution in [-0.4, -0.2) is 22.6 Å². The Balaban J connectivity index is 2.27. The molecule has 0 aliphatic heterocycles. The van der Waals surface area contributed by atoms with Gasteiger partial charge in [-0.3, -0.25) is 9.89 Å². The summed E-state index contributed by atoms with van der Waals surface area (Å²) in [6.45, 7) is 2.57. The number of H-pyrrole nitrogens is 1. The van der Waals surface area contributed by atoms with E-state index in [0.717, 1.165) is 5.69 Å². The number of carbonyl (C=O) groups excluding carboxylic acids is 1. The minimum Gasteiger partial charge on any atom is -0.307 e. The lowest BCUT2D eigenvalue weighted by atomic mass is 10.2.